The summed E-state index contributed by atoms with van der Waals surface area (Å²) < 4.78 is 0. The maximum Gasteiger partial charge on any atom is 0.304 e. The third-order valence-electron chi connectivity index (χ3n) is 4.20. The lowest BCUT2D eigenvalue weighted by atomic mass is 9.95. The molecule has 0 amide bonds. The second kappa shape index (κ2) is 9.35. The van der Waals surface area contributed by atoms with E-state index in [4.69, 9.17) is 5.11 Å². The molecule has 112 valence electrons. The molecular weight excluding hydrogens is 238 g/mol. The normalized spacial score (nSPS) is 18.5. The highest BCUT2D eigenvalue weighted by molar-refractivity contribution is 5.66. The second-order valence-corrected chi connectivity index (χ2v) is 6.36. The van der Waals surface area contributed by atoms with E-state index >= 15 is 0 Å². The highest BCUT2D eigenvalue weighted by Gasteiger charge is 2.20. The fourth-order valence-electron chi connectivity index (χ4n) is 2.94. The zero-order valence-corrected chi connectivity index (χ0v) is 12.7. The van der Waals surface area contributed by atoms with E-state index in [1.807, 2.05) is 0 Å². The average Bonchev–Trinajstić information content (AvgIpc) is 2.29. The van der Waals surface area contributed by atoms with Crippen LogP contribution in [0, 0.1) is 5.92 Å². The number of carboxylic acids is 1. The fourth-order valence-corrected chi connectivity index (χ4v) is 2.94. The number of rotatable bonds is 7. The largest absolute Gasteiger partial charge is 0.481 e. The molecule has 0 saturated heterocycles. The van der Waals surface area contributed by atoms with Crippen molar-refractivity contribution in [1.29, 1.82) is 0 Å². The van der Waals surface area contributed by atoms with E-state index in [0.717, 1.165) is 13.1 Å². The van der Waals surface area contributed by atoms with Crippen LogP contribution >= 0.6 is 0 Å². The monoisotopic (exact) mass is 269 g/mol. The Hall–Kier alpha value is -0.570. The first-order valence-electron chi connectivity index (χ1n) is 8.05. The Morgan fingerprint density at radius 3 is 2.21 bits per heavy atom. The number of carbonyl (C=O) groups is 1. The molecule has 0 aromatic carbocycles. The number of hydrogen-bond donors (Lipinski definition) is 1. The number of hydrogen-bond acceptors (Lipinski definition) is 2. The minimum Gasteiger partial charge on any atom is -0.481 e. The van der Waals surface area contributed by atoms with Gasteiger partial charge >= 0.3 is 5.97 Å². The number of aliphatic carboxylic acids is 1. The summed E-state index contributed by atoms with van der Waals surface area (Å²) in [6.07, 6.45) is 10.7. The molecular formula is C16H31NO2. The summed E-state index contributed by atoms with van der Waals surface area (Å²) in [5.74, 6) is 0.0290. The SMILES string of the molecule is CC(C)CCN(CCC(=O)O)C1CCCCCCC1. The summed E-state index contributed by atoms with van der Waals surface area (Å²) >= 11 is 0. The average molecular weight is 269 g/mol. The number of nitrogens with zero attached hydrogens (tertiary/aromatic N) is 1. The molecule has 0 unspecified atom stereocenters. The van der Waals surface area contributed by atoms with Gasteiger partial charge in [0.15, 0.2) is 0 Å². The molecule has 0 aliphatic heterocycles. The van der Waals surface area contributed by atoms with E-state index in [2.05, 4.69) is 18.7 Å². The van der Waals surface area contributed by atoms with Gasteiger partial charge in [0.25, 0.3) is 0 Å². The third-order valence-corrected chi connectivity index (χ3v) is 4.20. The lowest BCUT2D eigenvalue weighted by Crippen LogP contribution is -2.38. The van der Waals surface area contributed by atoms with Crippen molar-refractivity contribution >= 4 is 5.97 Å². The van der Waals surface area contributed by atoms with Gasteiger partial charge in [0, 0.05) is 12.6 Å². The van der Waals surface area contributed by atoms with Crippen molar-refractivity contribution < 1.29 is 9.90 Å². The summed E-state index contributed by atoms with van der Waals surface area (Å²) in [4.78, 5) is 13.3. The minimum absolute atomic E-state index is 0.286. The van der Waals surface area contributed by atoms with Crippen LogP contribution in [-0.4, -0.2) is 35.1 Å². The molecule has 0 aromatic rings. The van der Waals surface area contributed by atoms with Crippen LogP contribution < -0.4 is 0 Å². The maximum atomic E-state index is 10.8. The highest BCUT2D eigenvalue weighted by Crippen LogP contribution is 2.22. The van der Waals surface area contributed by atoms with Crippen LogP contribution in [0.5, 0.6) is 0 Å². The summed E-state index contributed by atoms with van der Waals surface area (Å²) in [5.41, 5.74) is 0. The highest BCUT2D eigenvalue weighted by atomic mass is 16.4. The summed E-state index contributed by atoms with van der Waals surface area (Å²) in [5, 5.41) is 8.91. The third kappa shape index (κ3) is 7.56. The van der Waals surface area contributed by atoms with E-state index in [0.29, 0.717) is 12.0 Å². The Kier molecular flexibility index (Phi) is 8.11. The van der Waals surface area contributed by atoms with Crippen molar-refractivity contribution in [3.63, 3.8) is 0 Å². The molecule has 0 aromatic heterocycles. The molecule has 3 nitrogen and oxygen atoms in total. The van der Waals surface area contributed by atoms with E-state index in [1.54, 1.807) is 0 Å². The van der Waals surface area contributed by atoms with Gasteiger partial charge in [-0.25, -0.2) is 0 Å². The van der Waals surface area contributed by atoms with E-state index in [1.165, 1.54) is 51.4 Å². The van der Waals surface area contributed by atoms with Gasteiger partial charge in [-0.05, 0) is 31.7 Å². The molecule has 1 rings (SSSR count). The van der Waals surface area contributed by atoms with Gasteiger partial charge in [-0.3, -0.25) is 9.69 Å². The summed E-state index contributed by atoms with van der Waals surface area (Å²) in [6.45, 7) is 6.28. The number of carboxylic acid groups (broad SMARTS) is 1. The van der Waals surface area contributed by atoms with Crippen LogP contribution in [0.15, 0.2) is 0 Å². The molecule has 0 radical (unpaired) electrons. The Morgan fingerprint density at radius 1 is 1.11 bits per heavy atom. The fraction of sp³-hybridized carbons (Fsp3) is 0.938. The van der Waals surface area contributed by atoms with Crippen molar-refractivity contribution in [3.05, 3.63) is 0 Å². The standard InChI is InChI=1S/C16H31NO2/c1-14(2)10-12-17(13-11-16(18)19)15-8-6-4-3-5-7-9-15/h14-15H,3-13H2,1-2H3,(H,18,19). The van der Waals surface area contributed by atoms with Crippen LogP contribution in [-0.2, 0) is 4.79 Å². The minimum atomic E-state index is -0.666. The van der Waals surface area contributed by atoms with Gasteiger partial charge in [-0.1, -0.05) is 46.0 Å². The van der Waals surface area contributed by atoms with Crippen LogP contribution in [0.2, 0.25) is 0 Å². The first-order valence-corrected chi connectivity index (χ1v) is 8.05. The predicted octanol–water partition coefficient (Wildman–Crippen LogP) is 3.92. The second-order valence-electron chi connectivity index (χ2n) is 6.36. The molecule has 0 bridgehead atoms. The molecule has 1 N–H and O–H groups in total. The molecule has 0 heterocycles. The zero-order valence-electron chi connectivity index (χ0n) is 12.7. The topological polar surface area (TPSA) is 40.5 Å². The Labute approximate surface area is 118 Å². The first kappa shape index (κ1) is 16.5. The molecule has 0 spiro atoms. The van der Waals surface area contributed by atoms with Gasteiger partial charge in [0.1, 0.15) is 0 Å². The molecule has 19 heavy (non-hydrogen) atoms. The summed E-state index contributed by atoms with van der Waals surface area (Å²) in [7, 11) is 0. The zero-order chi connectivity index (χ0) is 14.1. The smallest absolute Gasteiger partial charge is 0.304 e. The van der Waals surface area contributed by atoms with E-state index < -0.39 is 5.97 Å². The van der Waals surface area contributed by atoms with Gasteiger partial charge in [0.05, 0.1) is 6.42 Å². The maximum absolute atomic E-state index is 10.8. The van der Waals surface area contributed by atoms with Crippen LogP contribution in [0.4, 0.5) is 0 Å². The molecule has 1 saturated carbocycles. The van der Waals surface area contributed by atoms with Gasteiger partial charge < -0.3 is 5.11 Å². The molecule has 1 aliphatic carbocycles. The Balaban J connectivity index is 2.49. The van der Waals surface area contributed by atoms with Crippen LogP contribution in [0.1, 0.15) is 71.6 Å². The van der Waals surface area contributed by atoms with Crippen LogP contribution in [0.25, 0.3) is 0 Å². The lowest BCUT2D eigenvalue weighted by molar-refractivity contribution is -0.137. The van der Waals surface area contributed by atoms with Crippen molar-refractivity contribution in [1.82, 2.24) is 4.90 Å². The molecule has 1 fully saturated rings. The lowest BCUT2D eigenvalue weighted by Gasteiger charge is -2.33. The first-order chi connectivity index (χ1) is 9.09. The molecule has 0 atom stereocenters. The quantitative estimate of drug-likeness (QED) is 0.761. The van der Waals surface area contributed by atoms with Gasteiger partial charge in [-0.15, -0.1) is 0 Å². The Bertz CT molecular complexity index is 245. The molecule has 1 aliphatic rings. The van der Waals surface area contributed by atoms with Crippen molar-refractivity contribution in [2.45, 2.75) is 77.7 Å². The van der Waals surface area contributed by atoms with Crippen molar-refractivity contribution in [3.8, 4) is 0 Å². The molecule has 3 heteroatoms. The van der Waals surface area contributed by atoms with E-state index in [9.17, 15) is 4.79 Å². The van der Waals surface area contributed by atoms with Gasteiger partial charge in [-0.2, -0.15) is 0 Å². The summed E-state index contributed by atoms with van der Waals surface area (Å²) in [6, 6.07) is 0.624. The van der Waals surface area contributed by atoms with Crippen LogP contribution in [0.3, 0.4) is 0 Å². The Morgan fingerprint density at radius 2 is 1.68 bits per heavy atom. The van der Waals surface area contributed by atoms with Gasteiger partial charge in [0.2, 0.25) is 0 Å². The van der Waals surface area contributed by atoms with Crippen molar-refractivity contribution in [2.75, 3.05) is 13.1 Å². The van der Waals surface area contributed by atoms with Crippen molar-refractivity contribution in [2.24, 2.45) is 5.92 Å². The predicted molar refractivity (Wildman–Crippen MR) is 79.4 cm³/mol. The van der Waals surface area contributed by atoms with E-state index in [-0.39, 0.29) is 6.42 Å².